The summed E-state index contributed by atoms with van der Waals surface area (Å²) in [6.07, 6.45) is 0.585. The van der Waals surface area contributed by atoms with Gasteiger partial charge in [0.2, 0.25) is 0 Å². The third-order valence-electron chi connectivity index (χ3n) is 13.3. The molecule has 8 aromatic carbocycles. The normalized spacial score (nSPS) is 11.3. The Hall–Kier alpha value is -8.95. The molecular formula is C67H62NaO15P. The third kappa shape index (κ3) is 14.3. The number of Topliss-reactive ketones (excluding diaryl/α,β-unsaturated/α-hetero) is 1. The van der Waals surface area contributed by atoms with Crippen LogP contribution < -0.4 is 55.3 Å². The minimum Gasteiger partial charge on any atom is -0.857 e. The molecule has 0 bridgehead atoms. The molecule has 0 saturated heterocycles. The molecule has 84 heavy (non-hydrogen) atoms. The van der Waals surface area contributed by atoms with Gasteiger partial charge < -0.3 is 42.8 Å². The van der Waals surface area contributed by atoms with Crippen LogP contribution in [0.25, 0.3) is 43.9 Å². The summed E-state index contributed by atoms with van der Waals surface area (Å²) in [5.74, 6) is 0.774. The number of hydrogen-bond donors (Lipinski definition) is 2. The van der Waals surface area contributed by atoms with Crippen molar-refractivity contribution >= 4 is 102 Å². The number of phenols is 2. The summed E-state index contributed by atoms with van der Waals surface area (Å²) in [5.41, 5.74) is 3.96. The molecule has 4 heterocycles. The van der Waals surface area contributed by atoms with Crippen molar-refractivity contribution in [3.05, 3.63) is 229 Å². The number of phenolic OH excluding ortho intramolecular Hbond substituents is 2. The van der Waals surface area contributed by atoms with Gasteiger partial charge in [-0.05, 0) is 37.3 Å². The zero-order chi connectivity index (χ0) is 58.8. The van der Waals surface area contributed by atoms with E-state index in [0.29, 0.717) is 51.4 Å². The van der Waals surface area contributed by atoms with E-state index in [1.54, 1.807) is 25.1 Å². The zero-order valence-corrected chi connectivity index (χ0v) is 49.4. The standard InChI is InChI=1S/C21H19O2P.C13H12O4.C12H8O3.C11H10O3.C8H6O2.CH3O.CH4.Na/c1-18(23)24(17-22,19-11-5-2-6-12-19,20-13-7-3-8-14-20)21-15-9-4-10-16-21;1-8(14)13-9-5-3-4-6-10(9)17-11(13)7-12(15)16-2;13-7-5-9(14)12-8-3-1-2-4-10(8)15-11(12)6-7;1-13-11(12)7-9-6-8-4-2-3-5-10(8)14-9;9-8-5-6-3-1-2-4-7(6)10-8;1-2;;/h2-17H,1H3;3-6H,7H2,1-2H3;1-6,13-14H;2-6H,7H2,1H3;1-4H,5H2;1H3;1H4;/q;;;;;-1;;+1. The molecule has 1 aliphatic heterocycles. The molecule has 0 amide bonds. The fraction of sp³-hybridized carbons (Fsp3) is 0.134. The van der Waals surface area contributed by atoms with Crippen molar-refractivity contribution in [1.82, 2.24) is 0 Å². The molecule has 0 spiro atoms. The average Bonchev–Trinajstić information content (AvgIpc) is 3.00. The van der Waals surface area contributed by atoms with Gasteiger partial charge in [-0.25, -0.2) is 0 Å². The number of aromatic hydroxyl groups is 2. The van der Waals surface area contributed by atoms with Crippen molar-refractivity contribution in [3.63, 3.8) is 0 Å². The summed E-state index contributed by atoms with van der Waals surface area (Å²) in [7, 11) is 3.42. The number of methoxy groups -OCH3 is 2. The number of hydrogen-bond acceptors (Lipinski definition) is 15. The number of carbonyl (C=O) groups is 6. The van der Waals surface area contributed by atoms with E-state index < -0.39 is 12.6 Å². The molecule has 15 nitrogen and oxygen atoms in total. The molecule has 12 rings (SSSR count). The van der Waals surface area contributed by atoms with Gasteiger partial charge in [-0.15, -0.1) is 0 Å². The summed E-state index contributed by atoms with van der Waals surface area (Å²) < 4.78 is 30.4. The van der Waals surface area contributed by atoms with Crippen LogP contribution in [0.2, 0.25) is 0 Å². The van der Waals surface area contributed by atoms with Crippen molar-refractivity contribution < 1.29 is 101 Å². The number of furan rings is 3. The first kappa shape index (κ1) is 65.9. The van der Waals surface area contributed by atoms with Gasteiger partial charge in [-0.3, -0.25) is 19.2 Å². The quantitative estimate of drug-likeness (QED) is 0.0326. The Morgan fingerprint density at radius 2 is 1.05 bits per heavy atom. The molecule has 426 valence electrons. The van der Waals surface area contributed by atoms with Crippen molar-refractivity contribution in [2.45, 2.75) is 40.5 Å². The maximum atomic E-state index is 13.2. The summed E-state index contributed by atoms with van der Waals surface area (Å²) in [6, 6.07) is 63.7. The van der Waals surface area contributed by atoms with Gasteiger partial charge in [0.25, 0.3) is 0 Å². The van der Waals surface area contributed by atoms with Crippen molar-refractivity contribution in [1.29, 1.82) is 0 Å². The molecule has 1 aliphatic rings. The zero-order valence-electron chi connectivity index (χ0n) is 46.5. The Bertz CT molecular complexity index is 3860. The van der Waals surface area contributed by atoms with E-state index in [2.05, 4.69) is 9.47 Å². The van der Waals surface area contributed by atoms with Crippen molar-refractivity contribution in [2.75, 3.05) is 21.3 Å². The predicted molar refractivity (Wildman–Crippen MR) is 322 cm³/mol. The number of ketones is 1. The Kier molecular flexibility index (Phi) is 23.8. The van der Waals surface area contributed by atoms with Gasteiger partial charge in [0.1, 0.15) is 63.9 Å². The van der Waals surface area contributed by atoms with Crippen LogP contribution in [-0.4, -0.2) is 66.8 Å². The van der Waals surface area contributed by atoms with E-state index >= 15 is 0 Å². The first-order chi connectivity index (χ1) is 39.7. The molecule has 0 radical (unpaired) electrons. The van der Waals surface area contributed by atoms with Crippen LogP contribution in [0.3, 0.4) is 0 Å². The molecule has 2 N–H and O–H groups in total. The number of rotatable bonds is 10. The van der Waals surface area contributed by atoms with Gasteiger partial charge in [0, 0.05) is 33.9 Å². The Morgan fingerprint density at radius 1 is 0.571 bits per heavy atom. The largest absolute Gasteiger partial charge is 1.00 e. The van der Waals surface area contributed by atoms with Gasteiger partial charge in [0.15, 0.2) is 5.78 Å². The summed E-state index contributed by atoms with van der Waals surface area (Å²) in [4.78, 5) is 70.6. The molecule has 17 heteroatoms. The second kappa shape index (κ2) is 30.4. The van der Waals surface area contributed by atoms with Crippen molar-refractivity contribution in [2.24, 2.45) is 0 Å². The molecule has 0 aliphatic carbocycles. The third-order valence-corrected chi connectivity index (χ3v) is 19.1. The number of ether oxygens (including phenoxy) is 3. The van der Waals surface area contributed by atoms with Crippen molar-refractivity contribution in [3.8, 4) is 17.2 Å². The van der Waals surface area contributed by atoms with Crippen LogP contribution in [0.5, 0.6) is 17.2 Å². The van der Waals surface area contributed by atoms with Crippen LogP contribution in [0.1, 0.15) is 48.7 Å². The fourth-order valence-electron chi connectivity index (χ4n) is 9.49. The van der Waals surface area contributed by atoms with E-state index in [0.717, 1.165) is 56.4 Å². The average molecular weight is 1160 g/mol. The topological polar surface area (TPSA) is 233 Å². The van der Waals surface area contributed by atoms with E-state index in [4.69, 9.17) is 23.1 Å². The fourth-order valence-corrected chi connectivity index (χ4v) is 14.4. The minimum absolute atomic E-state index is 0. The maximum absolute atomic E-state index is 13.2. The Labute approximate surface area is 507 Å². The van der Waals surface area contributed by atoms with Gasteiger partial charge in [-0.2, -0.15) is 7.11 Å². The molecule has 0 saturated carbocycles. The van der Waals surface area contributed by atoms with Crippen LogP contribution in [0, 0.1) is 0 Å². The molecule has 11 aromatic rings. The van der Waals surface area contributed by atoms with Crippen LogP contribution in [0.4, 0.5) is 0 Å². The van der Waals surface area contributed by atoms with Crippen LogP contribution >= 0.6 is 6.60 Å². The Morgan fingerprint density at radius 3 is 1.56 bits per heavy atom. The van der Waals surface area contributed by atoms with E-state index in [1.807, 2.05) is 176 Å². The first-order valence-electron chi connectivity index (χ1n) is 25.5. The summed E-state index contributed by atoms with van der Waals surface area (Å²) in [5, 5.41) is 32.9. The molecular weight excluding hydrogens is 1100 g/mol. The van der Waals surface area contributed by atoms with E-state index in [9.17, 15) is 39.0 Å². The monoisotopic (exact) mass is 1160 g/mol. The molecule has 3 aromatic heterocycles. The Balaban J connectivity index is 0.000000194. The molecule has 0 fully saturated rings. The number of benzene rings is 8. The van der Waals surface area contributed by atoms with Gasteiger partial charge >= 0.3 is 189 Å². The number of carbonyl (C=O) groups excluding carboxylic acids is 6. The van der Waals surface area contributed by atoms with Crippen LogP contribution in [-0.2, 0) is 52.7 Å². The van der Waals surface area contributed by atoms with E-state index in [1.165, 1.54) is 33.3 Å². The van der Waals surface area contributed by atoms with Gasteiger partial charge in [-0.1, -0.05) is 80.2 Å². The van der Waals surface area contributed by atoms with Gasteiger partial charge in [0.05, 0.1) is 31.6 Å². The first-order valence-corrected chi connectivity index (χ1v) is 27.8. The second-order valence-electron chi connectivity index (χ2n) is 18.2. The van der Waals surface area contributed by atoms with Crippen LogP contribution in [0.15, 0.2) is 220 Å². The summed E-state index contributed by atoms with van der Waals surface area (Å²) in [6.45, 7) is -0.857. The number of para-hydroxylation sites is 4. The summed E-state index contributed by atoms with van der Waals surface area (Å²) >= 11 is 0. The minimum atomic E-state index is -3.85. The molecule has 0 atom stereocenters. The maximum Gasteiger partial charge on any atom is 1.00 e. The SMILES string of the molecule is C.CC(=O)P(C=O)(c1ccccc1)(c1ccccc1)c1ccccc1.COC(=O)Cc1cc2ccccc2o1.COC(=O)Cc1oc2ccccc2c1C(C)=O.C[O-].O=C1Cc2ccccc2O1.Oc1cc(O)c2c(c1)oc1ccccc12.[Na+]. The molecule has 0 unspecified atom stereocenters. The predicted octanol–water partition coefficient (Wildman–Crippen LogP) is 8.51. The van der Waals surface area contributed by atoms with E-state index in [-0.39, 0.29) is 84.6 Å². The number of fused-ring (bicyclic) bond motifs is 6. The second-order valence-corrected chi connectivity index (χ2v) is 23.0. The number of esters is 3. The smallest absolute Gasteiger partial charge is 0.857 e.